The number of hydrogen-bond acceptors (Lipinski definition) is 2. The van der Waals surface area contributed by atoms with Crippen LogP contribution in [0.2, 0.25) is 0 Å². The maximum Gasteiger partial charge on any atom is 0.0826 e. The Balaban J connectivity index is 2.09. The molecule has 0 heterocycles. The van der Waals surface area contributed by atoms with Crippen LogP contribution in [-0.2, 0) is 0 Å². The molecule has 2 rings (SSSR count). The Bertz CT molecular complexity index is 208. The van der Waals surface area contributed by atoms with E-state index in [0.717, 1.165) is 38.5 Å². The molecular weight excluding hydrogens is 162 g/mol. The van der Waals surface area contributed by atoms with Gasteiger partial charge < -0.3 is 10.8 Å². The van der Waals surface area contributed by atoms with E-state index >= 15 is 0 Å². The van der Waals surface area contributed by atoms with Crippen LogP contribution in [-0.4, -0.2) is 16.2 Å². The summed E-state index contributed by atoms with van der Waals surface area (Å²) in [7, 11) is 0. The number of aliphatic hydroxyl groups is 1. The van der Waals surface area contributed by atoms with E-state index in [0.29, 0.717) is 5.41 Å². The average molecular weight is 183 g/mol. The summed E-state index contributed by atoms with van der Waals surface area (Å²) >= 11 is 0. The third kappa shape index (κ3) is 1.31. The Kier molecular flexibility index (Phi) is 1.81. The summed E-state index contributed by atoms with van der Waals surface area (Å²) in [4.78, 5) is 0. The summed E-state index contributed by atoms with van der Waals surface area (Å²) in [5.74, 6) is 0. The molecule has 0 bridgehead atoms. The first kappa shape index (κ1) is 9.47. The van der Waals surface area contributed by atoms with Crippen LogP contribution in [0.3, 0.4) is 0 Å². The van der Waals surface area contributed by atoms with Crippen LogP contribution < -0.4 is 5.73 Å². The number of hydrogen-bond donors (Lipinski definition) is 2. The highest BCUT2D eigenvalue weighted by Crippen LogP contribution is 2.55. The lowest BCUT2D eigenvalue weighted by Crippen LogP contribution is -2.68. The van der Waals surface area contributed by atoms with Crippen molar-refractivity contribution in [3.05, 3.63) is 0 Å². The highest BCUT2D eigenvalue weighted by molar-refractivity contribution is 5.15. The molecule has 0 amide bonds. The van der Waals surface area contributed by atoms with Crippen LogP contribution >= 0.6 is 0 Å². The third-order valence-electron chi connectivity index (χ3n) is 3.95. The van der Waals surface area contributed by atoms with Crippen molar-refractivity contribution in [3.8, 4) is 0 Å². The number of nitrogens with two attached hydrogens (primary N) is 1. The van der Waals surface area contributed by atoms with Crippen molar-refractivity contribution >= 4 is 0 Å². The fraction of sp³-hybridized carbons (Fsp3) is 1.00. The predicted molar refractivity (Wildman–Crippen MR) is 53.4 cm³/mol. The molecule has 76 valence electrons. The molecule has 2 aliphatic carbocycles. The molecule has 0 spiro atoms. The molecule has 0 aromatic carbocycles. The SMILES string of the molecule is CC1(C)CC(N)(C2(O)CCCC2)C1. The van der Waals surface area contributed by atoms with Crippen molar-refractivity contribution in [1.29, 1.82) is 0 Å². The fourth-order valence-corrected chi connectivity index (χ4v) is 3.44. The third-order valence-corrected chi connectivity index (χ3v) is 3.95. The van der Waals surface area contributed by atoms with Gasteiger partial charge in [0, 0.05) is 5.54 Å². The minimum Gasteiger partial charge on any atom is -0.388 e. The van der Waals surface area contributed by atoms with Crippen LogP contribution in [0.15, 0.2) is 0 Å². The van der Waals surface area contributed by atoms with Crippen molar-refractivity contribution in [2.45, 2.75) is 63.5 Å². The molecule has 2 nitrogen and oxygen atoms in total. The fourth-order valence-electron chi connectivity index (χ4n) is 3.44. The summed E-state index contributed by atoms with van der Waals surface area (Å²) in [5.41, 5.74) is 5.81. The molecule has 0 aliphatic heterocycles. The topological polar surface area (TPSA) is 46.2 Å². The Morgan fingerprint density at radius 2 is 1.54 bits per heavy atom. The Morgan fingerprint density at radius 1 is 1.08 bits per heavy atom. The Morgan fingerprint density at radius 3 is 1.92 bits per heavy atom. The lowest BCUT2D eigenvalue weighted by Gasteiger charge is -2.57. The van der Waals surface area contributed by atoms with Gasteiger partial charge in [-0.25, -0.2) is 0 Å². The molecule has 2 heteroatoms. The van der Waals surface area contributed by atoms with Gasteiger partial charge in [0.15, 0.2) is 0 Å². The van der Waals surface area contributed by atoms with E-state index in [2.05, 4.69) is 13.8 Å². The maximum atomic E-state index is 10.4. The summed E-state index contributed by atoms with van der Waals surface area (Å²) < 4.78 is 0. The van der Waals surface area contributed by atoms with Crippen LogP contribution in [0.4, 0.5) is 0 Å². The lowest BCUT2D eigenvalue weighted by atomic mass is 9.53. The second-order valence-corrected chi connectivity index (χ2v) is 5.91. The molecule has 2 fully saturated rings. The van der Waals surface area contributed by atoms with Crippen molar-refractivity contribution in [2.24, 2.45) is 11.1 Å². The summed E-state index contributed by atoms with van der Waals surface area (Å²) in [6.07, 6.45) is 6.10. The quantitative estimate of drug-likeness (QED) is 0.651. The van der Waals surface area contributed by atoms with Gasteiger partial charge in [-0.2, -0.15) is 0 Å². The highest BCUT2D eigenvalue weighted by atomic mass is 16.3. The Hall–Kier alpha value is -0.0800. The lowest BCUT2D eigenvalue weighted by molar-refractivity contribution is -0.112. The van der Waals surface area contributed by atoms with E-state index in [-0.39, 0.29) is 5.54 Å². The first-order valence-corrected chi connectivity index (χ1v) is 5.38. The molecule has 0 unspecified atom stereocenters. The molecule has 2 saturated carbocycles. The minimum atomic E-state index is -0.539. The average Bonchev–Trinajstić information content (AvgIpc) is 2.32. The summed E-state index contributed by atoms with van der Waals surface area (Å²) in [6.45, 7) is 4.47. The molecule has 0 saturated heterocycles. The van der Waals surface area contributed by atoms with Crippen LogP contribution in [0.25, 0.3) is 0 Å². The molecule has 0 aromatic heterocycles. The van der Waals surface area contributed by atoms with E-state index in [1.54, 1.807) is 0 Å². The predicted octanol–water partition coefficient (Wildman–Crippen LogP) is 1.81. The number of rotatable bonds is 1. The highest BCUT2D eigenvalue weighted by Gasteiger charge is 2.58. The van der Waals surface area contributed by atoms with E-state index in [4.69, 9.17) is 5.73 Å². The molecule has 2 aliphatic rings. The van der Waals surface area contributed by atoms with Gasteiger partial charge in [-0.3, -0.25) is 0 Å². The van der Waals surface area contributed by atoms with Gasteiger partial charge in [-0.05, 0) is 31.1 Å². The van der Waals surface area contributed by atoms with Crippen molar-refractivity contribution in [1.82, 2.24) is 0 Å². The van der Waals surface area contributed by atoms with Gasteiger partial charge in [-0.15, -0.1) is 0 Å². The maximum absolute atomic E-state index is 10.4. The molecule has 0 atom stereocenters. The monoisotopic (exact) mass is 183 g/mol. The van der Waals surface area contributed by atoms with Gasteiger partial charge in [0.2, 0.25) is 0 Å². The van der Waals surface area contributed by atoms with E-state index in [1.807, 2.05) is 0 Å². The zero-order valence-corrected chi connectivity index (χ0v) is 8.77. The van der Waals surface area contributed by atoms with E-state index in [1.165, 1.54) is 0 Å². The van der Waals surface area contributed by atoms with Gasteiger partial charge in [-0.1, -0.05) is 26.7 Å². The standard InChI is InChI=1S/C11H21NO/c1-9(2)7-10(12,8-9)11(13)5-3-4-6-11/h13H,3-8,12H2,1-2H3. The zero-order chi connectivity index (χ0) is 9.74. The minimum absolute atomic E-state index is 0.271. The largest absolute Gasteiger partial charge is 0.388 e. The first-order chi connectivity index (χ1) is 5.87. The smallest absolute Gasteiger partial charge is 0.0826 e. The molecule has 3 N–H and O–H groups in total. The van der Waals surface area contributed by atoms with Gasteiger partial charge in [0.05, 0.1) is 5.60 Å². The van der Waals surface area contributed by atoms with Crippen LogP contribution in [0, 0.1) is 5.41 Å². The molecule has 13 heavy (non-hydrogen) atoms. The van der Waals surface area contributed by atoms with Crippen molar-refractivity contribution < 1.29 is 5.11 Å². The Labute approximate surface area is 80.5 Å². The van der Waals surface area contributed by atoms with E-state index in [9.17, 15) is 5.11 Å². The van der Waals surface area contributed by atoms with Crippen molar-refractivity contribution in [3.63, 3.8) is 0 Å². The molecule has 0 aromatic rings. The van der Waals surface area contributed by atoms with Crippen molar-refractivity contribution in [2.75, 3.05) is 0 Å². The van der Waals surface area contributed by atoms with E-state index < -0.39 is 5.60 Å². The zero-order valence-electron chi connectivity index (χ0n) is 8.77. The van der Waals surface area contributed by atoms with Gasteiger partial charge in [0.25, 0.3) is 0 Å². The second-order valence-electron chi connectivity index (χ2n) is 5.91. The van der Waals surface area contributed by atoms with Crippen LogP contribution in [0.1, 0.15) is 52.4 Å². The summed E-state index contributed by atoms with van der Waals surface area (Å²) in [6, 6.07) is 0. The summed E-state index contributed by atoms with van der Waals surface area (Å²) in [5, 5.41) is 10.4. The first-order valence-electron chi connectivity index (χ1n) is 5.38. The molecular formula is C11H21NO. The van der Waals surface area contributed by atoms with Gasteiger partial charge >= 0.3 is 0 Å². The molecule has 0 radical (unpaired) electrons. The normalized spacial score (nSPS) is 34.2. The second kappa shape index (κ2) is 2.48. The van der Waals surface area contributed by atoms with Crippen LogP contribution in [0.5, 0.6) is 0 Å². The van der Waals surface area contributed by atoms with Gasteiger partial charge in [0.1, 0.15) is 0 Å².